The molecule has 1 aliphatic rings. The Labute approximate surface area is 201 Å². The molecule has 2 aromatic carbocycles. The van der Waals surface area contributed by atoms with Gasteiger partial charge in [-0.3, -0.25) is 19.3 Å². The number of aromatic amines is 1. The number of carbonyl (C=O) groups is 2. The number of piperazine rings is 1. The van der Waals surface area contributed by atoms with E-state index in [2.05, 4.69) is 39.8 Å². The summed E-state index contributed by atoms with van der Waals surface area (Å²) < 4.78 is 0. The highest BCUT2D eigenvalue weighted by molar-refractivity contribution is 5.83. The van der Waals surface area contributed by atoms with E-state index in [0.717, 1.165) is 57.5 Å². The average Bonchev–Trinajstić information content (AvgIpc) is 3.27. The minimum atomic E-state index is -0.117. The molecule has 2 amide bonds. The summed E-state index contributed by atoms with van der Waals surface area (Å²) in [6.07, 6.45) is 5.49. The molecule has 4 rings (SSSR count). The molecule has 0 radical (unpaired) electrons. The molecule has 0 atom stereocenters. The van der Waals surface area contributed by atoms with Crippen molar-refractivity contribution in [1.82, 2.24) is 20.3 Å². The van der Waals surface area contributed by atoms with Crippen molar-refractivity contribution < 1.29 is 14.4 Å². The van der Waals surface area contributed by atoms with Gasteiger partial charge >= 0.3 is 0 Å². The predicted molar refractivity (Wildman–Crippen MR) is 133 cm³/mol. The number of nitrogens with zero attached hydrogens (tertiary/aromatic N) is 2. The minimum absolute atomic E-state index is 0.117. The van der Waals surface area contributed by atoms with Crippen LogP contribution in [-0.4, -0.2) is 52.8 Å². The SMILES string of the molecule is O=C(CCCCCC(=O)N1CCN(Cc2c[nH]c3ccccc23)CC1)NOCc1ccccc1. The number of hydroxylamine groups is 1. The van der Waals surface area contributed by atoms with Crippen LogP contribution < -0.4 is 5.48 Å². The van der Waals surface area contributed by atoms with Gasteiger partial charge in [0.2, 0.25) is 11.8 Å². The van der Waals surface area contributed by atoms with Gasteiger partial charge in [0.1, 0.15) is 0 Å². The molecule has 3 aromatic rings. The van der Waals surface area contributed by atoms with Crippen molar-refractivity contribution in [2.24, 2.45) is 0 Å². The summed E-state index contributed by atoms with van der Waals surface area (Å²) in [6, 6.07) is 18.1. The van der Waals surface area contributed by atoms with Gasteiger partial charge in [0.05, 0.1) is 6.61 Å². The van der Waals surface area contributed by atoms with Crippen LogP contribution in [0.3, 0.4) is 0 Å². The van der Waals surface area contributed by atoms with Crippen molar-refractivity contribution in [2.75, 3.05) is 26.2 Å². The molecular formula is C27H34N4O3. The summed E-state index contributed by atoms with van der Waals surface area (Å²) in [7, 11) is 0. The molecule has 7 nitrogen and oxygen atoms in total. The van der Waals surface area contributed by atoms with Gasteiger partial charge in [0.15, 0.2) is 0 Å². The summed E-state index contributed by atoms with van der Waals surface area (Å²) in [5.74, 6) is 0.107. The fraction of sp³-hybridized carbons (Fsp3) is 0.407. The Bertz CT molecular complexity index is 1060. The lowest BCUT2D eigenvalue weighted by molar-refractivity contribution is -0.134. The second-order valence-electron chi connectivity index (χ2n) is 8.88. The third-order valence-electron chi connectivity index (χ3n) is 6.36. The number of H-pyrrole nitrogens is 1. The van der Waals surface area contributed by atoms with Crippen LogP contribution in [0.25, 0.3) is 10.9 Å². The Balaban J connectivity index is 1.06. The lowest BCUT2D eigenvalue weighted by atomic mass is 10.1. The first kappa shape index (κ1) is 24.0. The zero-order chi connectivity index (χ0) is 23.6. The Kier molecular flexibility index (Phi) is 8.71. The molecular weight excluding hydrogens is 428 g/mol. The highest BCUT2D eigenvalue weighted by Gasteiger charge is 2.21. The summed E-state index contributed by atoms with van der Waals surface area (Å²) in [6.45, 7) is 4.62. The summed E-state index contributed by atoms with van der Waals surface area (Å²) in [4.78, 5) is 37.4. The number of rotatable bonds is 11. The van der Waals surface area contributed by atoms with Gasteiger partial charge in [-0.25, -0.2) is 5.48 Å². The van der Waals surface area contributed by atoms with Crippen molar-refractivity contribution in [3.8, 4) is 0 Å². The van der Waals surface area contributed by atoms with E-state index in [9.17, 15) is 9.59 Å². The fourth-order valence-corrected chi connectivity index (χ4v) is 4.38. The smallest absolute Gasteiger partial charge is 0.243 e. The van der Waals surface area contributed by atoms with Gasteiger partial charge in [0.25, 0.3) is 0 Å². The van der Waals surface area contributed by atoms with Gasteiger partial charge in [-0.15, -0.1) is 0 Å². The van der Waals surface area contributed by atoms with Crippen LogP contribution in [0, 0.1) is 0 Å². The second kappa shape index (κ2) is 12.3. The van der Waals surface area contributed by atoms with E-state index in [1.165, 1.54) is 16.5 Å². The normalized spacial score (nSPS) is 14.4. The van der Waals surface area contributed by atoms with Crippen LogP contribution in [0.2, 0.25) is 0 Å². The van der Waals surface area contributed by atoms with E-state index in [-0.39, 0.29) is 11.8 Å². The van der Waals surface area contributed by atoms with E-state index in [1.807, 2.05) is 41.3 Å². The van der Waals surface area contributed by atoms with E-state index < -0.39 is 0 Å². The number of hydrogen-bond acceptors (Lipinski definition) is 4. The quantitative estimate of drug-likeness (QED) is 0.333. The van der Waals surface area contributed by atoms with Gasteiger partial charge in [-0.1, -0.05) is 55.0 Å². The van der Waals surface area contributed by atoms with Crippen molar-refractivity contribution in [3.05, 3.63) is 71.9 Å². The first-order valence-corrected chi connectivity index (χ1v) is 12.2. The average molecular weight is 463 g/mol. The number of hydrogen-bond donors (Lipinski definition) is 2. The molecule has 7 heteroatoms. The van der Waals surface area contributed by atoms with Crippen LogP contribution >= 0.6 is 0 Å². The summed E-state index contributed by atoms with van der Waals surface area (Å²) in [5, 5.41) is 1.28. The predicted octanol–water partition coefficient (Wildman–Crippen LogP) is 4.01. The maximum absolute atomic E-state index is 12.6. The first-order chi connectivity index (χ1) is 16.7. The molecule has 2 N–H and O–H groups in total. The number of fused-ring (bicyclic) bond motifs is 1. The van der Waals surface area contributed by atoms with E-state index in [1.54, 1.807) is 0 Å². The minimum Gasteiger partial charge on any atom is -0.361 e. The summed E-state index contributed by atoms with van der Waals surface area (Å²) >= 11 is 0. The number of unbranched alkanes of at least 4 members (excludes halogenated alkanes) is 2. The second-order valence-corrected chi connectivity index (χ2v) is 8.88. The molecule has 0 aliphatic carbocycles. The molecule has 1 aromatic heterocycles. The third kappa shape index (κ3) is 6.92. The van der Waals surface area contributed by atoms with Gasteiger partial charge < -0.3 is 9.88 Å². The van der Waals surface area contributed by atoms with E-state index in [4.69, 9.17) is 4.84 Å². The Morgan fingerprint density at radius 1 is 0.882 bits per heavy atom. The molecule has 1 saturated heterocycles. The van der Waals surface area contributed by atoms with E-state index in [0.29, 0.717) is 19.4 Å². The van der Waals surface area contributed by atoms with Gasteiger partial charge in [-0.05, 0) is 30.0 Å². The fourth-order valence-electron chi connectivity index (χ4n) is 4.38. The number of para-hydroxylation sites is 1. The lowest BCUT2D eigenvalue weighted by Gasteiger charge is -2.34. The lowest BCUT2D eigenvalue weighted by Crippen LogP contribution is -2.48. The highest BCUT2D eigenvalue weighted by atomic mass is 16.6. The monoisotopic (exact) mass is 462 g/mol. The Morgan fingerprint density at radius 2 is 1.62 bits per heavy atom. The zero-order valence-corrected chi connectivity index (χ0v) is 19.7. The molecule has 0 saturated carbocycles. The standard InChI is InChI=1S/C27H34N4O3/c32-26(29-34-21-22-9-3-1-4-10-22)13-5-2-6-14-27(33)31-17-15-30(16-18-31)20-23-19-28-25-12-8-7-11-24(23)25/h1,3-4,7-12,19,28H,2,5-6,13-18,20-21H2,(H,29,32). The maximum atomic E-state index is 12.6. The summed E-state index contributed by atoms with van der Waals surface area (Å²) in [5.41, 5.74) is 5.99. The third-order valence-corrected chi connectivity index (χ3v) is 6.36. The van der Waals surface area contributed by atoms with Crippen LogP contribution in [0.15, 0.2) is 60.8 Å². The zero-order valence-electron chi connectivity index (χ0n) is 19.7. The molecule has 1 aliphatic heterocycles. The number of nitrogens with one attached hydrogen (secondary N) is 2. The molecule has 0 bridgehead atoms. The van der Waals surface area contributed by atoms with Crippen LogP contribution in [0.1, 0.15) is 43.2 Å². The van der Waals surface area contributed by atoms with Gasteiger partial charge in [-0.2, -0.15) is 0 Å². The Hall–Kier alpha value is -3.16. The molecule has 180 valence electrons. The van der Waals surface area contributed by atoms with Crippen LogP contribution in [-0.2, 0) is 27.6 Å². The molecule has 0 spiro atoms. The van der Waals surface area contributed by atoms with Crippen LogP contribution in [0.5, 0.6) is 0 Å². The number of amides is 2. The largest absolute Gasteiger partial charge is 0.361 e. The van der Waals surface area contributed by atoms with E-state index >= 15 is 0 Å². The number of benzene rings is 2. The van der Waals surface area contributed by atoms with Gasteiger partial charge in [0, 0.05) is 62.7 Å². The molecule has 2 heterocycles. The van der Waals surface area contributed by atoms with Crippen molar-refractivity contribution >= 4 is 22.7 Å². The van der Waals surface area contributed by atoms with Crippen molar-refractivity contribution in [1.29, 1.82) is 0 Å². The maximum Gasteiger partial charge on any atom is 0.243 e. The Morgan fingerprint density at radius 3 is 2.44 bits per heavy atom. The number of carbonyl (C=O) groups excluding carboxylic acids is 2. The molecule has 34 heavy (non-hydrogen) atoms. The number of aromatic nitrogens is 1. The molecule has 0 unspecified atom stereocenters. The molecule has 1 fully saturated rings. The van der Waals surface area contributed by atoms with Crippen molar-refractivity contribution in [3.63, 3.8) is 0 Å². The van der Waals surface area contributed by atoms with Crippen LogP contribution in [0.4, 0.5) is 0 Å². The first-order valence-electron chi connectivity index (χ1n) is 12.2. The highest BCUT2D eigenvalue weighted by Crippen LogP contribution is 2.20. The topological polar surface area (TPSA) is 77.7 Å². The van der Waals surface area contributed by atoms with Crippen molar-refractivity contribution in [2.45, 2.75) is 45.3 Å².